The molecule has 2 aromatic rings. The molecule has 0 saturated carbocycles. The maximum Gasteiger partial charge on any atom is 0.306 e. The van der Waals surface area contributed by atoms with E-state index in [4.69, 9.17) is 11.6 Å². The number of benzene rings is 1. The molecule has 0 radical (unpaired) electrons. The molecule has 3 rings (SSSR count). The van der Waals surface area contributed by atoms with E-state index >= 15 is 0 Å². The first kappa shape index (κ1) is 12.2. The Balaban J connectivity index is 2.14. The predicted molar refractivity (Wildman–Crippen MR) is 74.9 cm³/mol. The fourth-order valence-corrected chi connectivity index (χ4v) is 2.71. The number of fused-ring (bicyclic) bond motifs is 1. The van der Waals surface area contributed by atoms with E-state index in [0.29, 0.717) is 10.9 Å². The quantitative estimate of drug-likeness (QED) is 0.623. The van der Waals surface area contributed by atoms with Crippen LogP contribution in [0, 0.1) is 10.1 Å². The van der Waals surface area contributed by atoms with Crippen molar-refractivity contribution in [3.63, 3.8) is 0 Å². The lowest BCUT2D eigenvalue weighted by Gasteiger charge is -2.18. The van der Waals surface area contributed by atoms with Gasteiger partial charge in [-0.3, -0.25) is 10.1 Å². The average Bonchev–Trinajstić information content (AvgIpc) is 2.92. The van der Waals surface area contributed by atoms with Gasteiger partial charge in [0.05, 0.1) is 10.4 Å². The Labute approximate surface area is 115 Å². The summed E-state index contributed by atoms with van der Waals surface area (Å²) in [5, 5.41) is 11.7. The summed E-state index contributed by atoms with van der Waals surface area (Å²) in [6, 6.07) is 5.74. The zero-order valence-electron chi connectivity index (χ0n) is 10.2. The van der Waals surface area contributed by atoms with Gasteiger partial charge in [-0.25, -0.2) is 4.98 Å². The van der Waals surface area contributed by atoms with Crippen LogP contribution in [0.25, 0.3) is 10.9 Å². The molecule has 98 valence electrons. The third kappa shape index (κ3) is 2.10. The van der Waals surface area contributed by atoms with E-state index in [1.807, 2.05) is 18.2 Å². The molecule has 5 nitrogen and oxygen atoms in total. The average molecular weight is 278 g/mol. The van der Waals surface area contributed by atoms with Crippen LogP contribution in [0.1, 0.15) is 12.8 Å². The van der Waals surface area contributed by atoms with Gasteiger partial charge in [0, 0.05) is 24.2 Å². The minimum Gasteiger partial charge on any atom is -0.372 e. The van der Waals surface area contributed by atoms with Crippen LogP contribution < -0.4 is 4.90 Å². The Morgan fingerprint density at radius 1 is 1.32 bits per heavy atom. The van der Waals surface area contributed by atoms with Crippen molar-refractivity contribution in [3.8, 4) is 0 Å². The minimum absolute atomic E-state index is 0.146. The largest absolute Gasteiger partial charge is 0.372 e. The number of halogens is 1. The van der Waals surface area contributed by atoms with Crippen molar-refractivity contribution in [1.29, 1.82) is 0 Å². The molecule has 0 N–H and O–H groups in total. The third-order valence-electron chi connectivity index (χ3n) is 3.44. The van der Waals surface area contributed by atoms with Crippen LogP contribution in [0.5, 0.6) is 0 Å². The lowest BCUT2D eigenvalue weighted by atomic mass is 10.1. The number of pyridine rings is 1. The Hall–Kier alpha value is -1.88. The summed E-state index contributed by atoms with van der Waals surface area (Å²) in [5.74, 6) is 0. The van der Waals surface area contributed by atoms with E-state index < -0.39 is 4.92 Å². The van der Waals surface area contributed by atoms with Gasteiger partial charge in [0.15, 0.2) is 0 Å². The normalized spacial score (nSPS) is 15.1. The first-order chi connectivity index (χ1) is 9.16. The van der Waals surface area contributed by atoms with Crippen molar-refractivity contribution in [2.75, 3.05) is 18.0 Å². The highest BCUT2D eigenvalue weighted by Gasteiger charge is 2.18. The molecular weight excluding hydrogens is 266 g/mol. The lowest BCUT2D eigenvalue weighted by molar-refractivity contribution is -0.384. The standard InChI is InChI=1S/C13H12ClN3O2/c14-13-10-7-9(16-5-1-2-6-16)3-4-11(10)15-8-12(13)17(18)19/h3-4,7-8H,1-2,5-6H2. The molecule has 1 aromatic carbocycles. The van der Waals surface area contributed by atoms with Crippen molar-refractivity contribution in [3.05, 3.63) is 39.5 Å². The summed E-state index contributed by atoms with van der Waals surface area (Å²) in [6.45, 7) is 2.04. The lowest BCUT2D eigenvalue weighted by Crippen LogP contribution is -2.17. The molecule has 6 heteroatoms. The van der Waals surface area contributed by atoms with Crippen molar-refractivity contribution in [1.82, 2.24) is 4.98 Å². The SMILES string of the molecule is O=[N+]([O-])c1cnc2ccc(N3CCCC3)cc2c1Cl. The molecule has 0 amide bonds. The van der Waals surface area contributed by atoms with E-state index in [1.165, 1.54) is 19.0 Å². The van der Waals surface area contributed by atoms with Crippen molar-refractivity contribution < 1.29 is 4.92 Å². The molecule has 1 fully saturated rings. The fraction of sp³-hybridized carbons (Fsp3) is 0.308. The number of anilines is 1. The molecule has 0 bridgehead atoms. The molecule has 1 aliphatic heterocycles. The minimum atomic E-state index is -0.503. The number of hydrogen-bond acceptors (Lipinski definition) is 4. The van der Waals surface area contributed by atoms with Crippen LogP contribution in [0.4, 0.5) is 11.4 Å². The van der Waals surface area contributed by atoms with Crippen LogP contribution in [0.15, 0.2) is 24.4 Å². The Morgan fingerprint density at radius 3 is 2.74 bits per heavy atom. The molecule has 19 heavy (non-hydrogen) atoms. The predicted octanol–water partition coefficient (Wildman–Crippen LogP) is 3.40. The van der Waals surface area contributed by atoms with E-state index in [0.717, 1.165) is 18.8 Å². The van der Waals surface area contributed by atoms with Crippen molar-refractivity contribution in [2.45, 2.75) is 12.8 Å². The van der Waals surface area contributed by atoms with Crippen LogP contribution in [-0.2, 0) is 0 Å². The molecular formula is C13H12ClN3O2. The van der Waals surface area contributed by atoms with E-state index in [-0.39, 0.29) is 10.7 Å². The first-order valence-corrected chi connectivity index (χ1v) is 6.52. The highest BCUT2D eigenvalue weighted by atomic mass is 35.5. The Kier molecular flexibility index (Phi) is 2.98. The van der Waals surface area contributed by atoms with E-state index in [2.05, 4.69) is 9.88 Å². The van der Waals surface area contributed by atoms with Gasteiger partial charge < -0.3 is 4.90 Å². The van der Waals surface area contributed by atoms with Crippen molar-refractivity contribution in [2.24, 2.45) is 0 Å². The maximum atomic E-state index is 10.9. The molecule has 2 heterocycles. The Bertz CT molecular complexity index is 654. The van der Waals surface area contributed by atoms with Gasteiger partial charge in [-0.15, -0.1) is 0 Å². The number of aromatic nitrogens is 1. The molecule has 1 saturated heterocycles. The summed E-state index contributed by atoms with van der Waals surface area (Å²) >= 11 is 6.12. The number of nitrogens with zero attached hydrogens (tertiary/aromatic N) is 3. The maximum absolute atomic E-state index is 10.9. The first-order valence-electron chi connectivity index (χ1n) is 6.14. The van der Waals surface area contributed by atoms with Gasteiger partial charge in [-0.1, -0.05) is 11.6 Å². The van der Waals surface area contributed by atoms with Gasteiger partial charge in [0.1, 0.15) is 11.2 Å². The molecule has 0 unspecified atom stereocenters. The monoisotopic (exact) mass is 277 g/mol. The molecule has 0 aliphatic carbocycles. The molecule has 0 atom stereocenters. The van der Waals surface area contributed by atoms with Crippen LogP contribution >= 0.6 is 11.6 Å². The second-order valence-corrected chi connectivity index (χ2v) is 4.99. The molecule has 0 spiro atoms. The number of hydrogen-bond donors (Lipinski definition) is 0. The van der Waals surface area contributed by atoms with Gasteiger partial charge >= 0.3 is 5.69 Å². The highest BCUT2D eigenvalue weighted by Crippen LogP contribution is 2.33. The zero-order chi connectivity index (χ0) is 13.4. The zero-order valence-corrected chi connectivity index (χ0v) is 10.9. The third-order valence-corrected chi connectivity index (χ3v) is 3.83. The van der Waals surface area contributed by atoms with Gasteiger partial charge in [-0.05, 0) is 31.0 Å². The summed E-state index contributed by atoms with van der Waals surface area (Å²) in [7, 11) is 0. The van der Waals surface area contributed by atoms with Crippen LogP contribution in [-0.4, -0.2) is 23.0 Å². The summed E-state index contributed by atoms with van der Waals surface area (Å²) < 4.78 is 0. The van der Waals surface area contributed by atoms with E-state index in [9.17, 15) is 10.1 Å². The van der Waals surface area contributed by atoms with Gasteiger partial charge in [-0.2, -0.15) is 0 Å². The number of nitro groups is 1. The fourth-order valence-electron chi connectivity index (χ4n) is 2.44. The highest BCUT2D eigenvalue weighted by molar-refractivity contribution is 6.37. The van der Waals surface area contributed by atoms with E-state index in [1.54, 1.807) is 0 Å². The summed E-state index contributed by atoms with van der Waals surface area (Å²) in [5.41, 5.74) is 1.58. The topological polar surface area (TPSA) is 59.3 Å². The van der Waals surface area contributed by atoms with Crippen LogP contribution in [0.3, 0.4) is 0 Å². The van der Waals surface area contributed by atoms with Gasteiger partial charge in [0.25, 0.3) is 0 Å². The molecule has 1 aromatic heterocycles. The Morgan fingerprint density at radius 2 is 2.05 bits per heavy atom. The van der Waals surface area contributed by atoms with Gasteiger partial charge in [0.2, 0.25) is 0 Å². The molecule has 1 aliphatic rings. The smallest absolute Gasteiger partial charge is 0.306 e. The van der Waals surface area contributed by atoms with Crippen molar-refractivity contribution >= 4 is 33.9 Å². The second-order valence-electron chi connectivity index (χ2n) is 4.61. The summed E-state index contributed by atoms with van der Waals surface area (Å²) in [4.78, 5) is 16.7. The summed E-state index contributed by atoms with van der Waals surface area (Å²) in [6.07, 6.45) is 3.57. The second kappa shape index (κ2) is 4.66. The van der Waals surface area contributed by atoms with Crippen LogP contribution in [0.2, 0.25) is 5.02 Å². The number of rotatable bonds is 2.